The monoisotopic (exact) mass is 168 g/mol. The van der Waals surface area contributed by atoms with Crippen LogP contribution in [0.2, 0.25) is 0 Å². The van der Waals surface area contributed by atoms with Crippen LogP contribution in [0.3, 0.4) is 0 Å². The molecule has 70 valence electrons. The fourth-order valence-corrected chi connectivity index (χ4v) is 1.54. The van der Waals surface area contributed by atoms with E-state index >= 15 is 0 Å². The summed E-state index contributed by atoms with van der Waals surface area (Å²) in [6.45, 7) is 9.10. The van der Waals surface area contributed by atoms with Crippen LogP contribution in [0.1, 0.15) is 20.3 Å². The van der Waals surface area contributed by atoms with Crippen molar-refractivity contribution in [1.82, 2.24) is 10.2 Å². The van der Waals surface area contributed by atoms with Gasteiger partial charge in [-0.3, -0.25) is 4.90 Å². The van der Waals surface area contributed by atoms with E-state index in [0.717, 1.165) is 6.04 Å². The number of likely N-dealkylation sites (N-methyl/N-ethyl adjacent to an activating group) is 1. The van der Waals surface area contributed by atoms with E-state index in [1.807, 2.05) is 0 Å². The summed E-state index contributed by atoms with van der Waals surface area (Å²) < 4.78 is 0. The van der Waals surface area contributed by atoms with E-state index in [-0.39, 0.29) is 0 Å². The minimum absolute atomic E-state index is 0.806. The Morgan fingerprint density at radius 3 is 2.67 bits per heavy atom. The van der Waals surface area contributed by atoms with Gasteiger partial charge in [0, 0.05) is 25.7 Å². The SMILES string of the molecule is C/C=C\CCN(CC)C1CNC1. The molecular weight excluding hydrogens is 148 g/mol. The smallest absolute Gasteiger partial charge is 0.0345 e. The standard InChI is InChI=1S/C10H20N2/c1-3-5-6-7-12(4-2)10-8-11-9-10/h3,5,10-11H,4,6-9H2,1-2H3/b5-3-. The van der Waals surface area contributed by atoms with Gasteiger partial charge in [-0.15, -0.1) is 0 Å². The van der Waals surface area contributed by atoms with Crippen molar-refractivity contribution < 1.29 is 0 Å². The topological polar surface area (TPSA) is 15.3 Å². The van der Waals surface area contributed by atoms with Crippen molar-refractivity contribution in [1.29, 1.82) is 0 Å². The van der Waals surface area contributed by atoms with E-state index in [1.54, 1.807) is 0 Å². The van der Waals surface area contributed by atoms with Gasteiger partial charge in [0.05, 0.1) is 0 Å². The Balaban J connectivity index is 2.15. The van der Waals surface area contributed by atoms with Crippen molar-refractivity contribution in [2.24, 2.45) is 0 Å². The van der Waals surface area contributed by atoms with E-state index in [1.165, 1.54) is 32.6 Å². The van der Waals surface area contributed by atoms with E-state index in [4.69, 9.17) is 0 Å². The van der Waals surface area contributed by atoms with Crippen LogP contribution in [0.4, 0.5) is 0 Å². The maximum atomic E-state index is 3.31. The molecule has 1 N–H and O–H groups in total. The quantitative estimate of drug-likeness (QED) is 0.621. The zero-order valence-corrected chi connectivity index (χ0v) is 8.21. The van der Waals surface area contributed by atoms with Crippen molar-refractivity contribution in [2.45, 2.75) is 26.3 Å². The third kappa shape index (κ3) is 2.61. The zero-order valence-electron chi connectivity index (χ0n) is 8.21. The summed E-state index contributed by atoms with van der Waals surface area (Å²) in [5, 5.41) is 3.31. The molecule has 2 heteroatoms. The highest BCUT2D eigenvalue weighted by molar-refractivity contribution is 4.86. The summed E-state index contributed by atoms with van der Waals surface area (Å²) >= 11 is 0. The summed E-state index contributed by atoms with van der Waals surface area (Å²) in [5.74, 6) is 0. The molecule has 0 aliphatic carbocycles. The molecule has 1 aliphatic heterocycles. The second-order valence-electron chi connectivity index (χ2n) is 3.30. The van der Waals surface area contributed by atoms with E-state index in [0.29, 0.717) is 0 Å². The largest absolute Gasteiger partial charge is 0.314 e. The first kappa shape index (κ1) is 9.75. The number of hydrogen-bond donors (Lipinski definition) is 1. The molecule has 2 nitrogen and oxygen atoms in total. The molecule has 0 bridgehead atoms. The minimum Gasteiger partial charge on any atom is -0.314 e. The van der Waals surface area contributed by atoms with Gasteiger partial charge in [-0.1, -0.05) is 19.1 Å². The van der Waals surface area contributed by atoms with Crippen LogP contribution >= 0.6 is 0 Å². The van der Waals surface area contributed by atoms with Gasteiger partial charge in [-0.05, 0) is 19.9 Å². The Bertz CT molecular complexity index is 139. The normalized spacial score (nSPS) is 18.9. The number of allylic oxidation sites excluding steroid dienone is 1. The highest BCUT2D eigenvalue weighted by Crippen LogP contribution is 2.05. The average Bonchev–Trinajstić information content (AvgIpc) is 1.99. The van der Waals surface area contributed by atoms with Gasteiger partial charge >= 0.3 is 0 Å². The Kier molecular flexibility index (Phi) is 4.33. The summed E-state index contributed by atoms with van der Waals surface area (Å²) in [6.07, 6.45) is 5.57. The number of nitrogens with one attached hydrogen (secondary N) is 1. The first-order valence-corrected chi connectivity index (χ1v) is 4.94. The molecule has 1 rings (SSSR count). The predicted molar refractivity (Wildman–Crippen MR) is 53.3 cm³/mol. The van der Waals surface area contributed by atoms with E-state index in [2.05, 4.69) is 36.2 Å². The Hall–Kier alpha value is -0.340. The lowest BCUT2D eigenvalue weighted by Gasteiger charge is -2.37. The van der Waals surface area contributed by atoms with Gasteiger partial charge in [0.15, 0.2) is 0 Å². The summed E-state index contributed by atoms with van der Waals surface area (Å²) in [4.78, 5) is 2.55. The summed E-state index contributed by atoms with van der Waals surface area (Å²) in [5.41, 5.74) is 0. The predicted octanol–water partition coefficient (Wildman–Crippen LogP) is 1.25. The van der Waals surface area contributed by atoms with Crippen molar-refractivity contribution in [3.63, 3.8) is 0 Å². The lowest BCUT2D eigenvalue weighted by Crippen LogP contribution is -2.57. The average molecular weight is 168 g/mol. The summed E-state index contributed by atoms with van der Waals surface area (Å²) in [6, 6.07) is 0.806. The maximum Gasteiger partial charge on any atom is 0.0345 e. The van der Waals surface area contributed by atoms with Gasteiger partial charge in [0.25, 0.3) is 0 Å². The van der Waals surface area contributed by atoms with Crippen molar-refractivity contribution in [3.8, 4) is 0 Å². The molecule has 1 saturated heterocycles. The molecule has 0 saturated carbocycles. The highest BCUT2D eigenvalue weighted by Gasteiger charge is 2.21. The van der Waals surface area contributed by atoms with Crippen LogP contribution in [0.5, 0.6) is 0 Å². The van der Waals surface area contributed by atoms with Crippen molar-refractivity contribution in [2.75, 3.05) is 26.2 Å². The fraction of sp³-hybridized carbons (Fsp3) is 0.800. The molecule has 1 heterocycles. The second kappa shape index (κ2) is 5.33. The molecular formula is C10H20N2. The molecule has 0 aromatic carbocycles. The van der Waals surface area contributed by atoms with Gasteiger partial charge in [-0.25, -0.2) is 0 Å². The van der Waals surface area contributed by atoms with Crippen molar-refractivity contribution in [3.05, 3.63) is 12.2 Å². The highest BCUT2D eigenvalue weighted by atomic mass is 15.2. The van der Waals surface area contributed by atoms with Crippen LogP contribution in [0.15, 0.2) is 12.2 Å². The molecule has 0 spiro atoms. The third-order valence-electron chi connectivity index (χ3n) is 2.50. The fourth-order valence-electron chi connectivity index (χ4n) is 1.54. The molecule has 0 unspecified atom stereocenters. The molecule has 12 heavy (non-hydrogen) atoms. The Morgan fingerprint density at radius 1 is 1.50 bits per heavy atom. The Labute approximate surface area is 75.6 Å². The molecule has 0 aromatic heterocycles. The van der Waals surface area contributed by atoms with Crippen LogP contribution in [-0.4, -0.2) is 37.1 Å². The zero-order chi connectivity index (χ0) is 8.81. The van der Waals surface area contributed by atoms with Crippen LogP contribution < -0.4 is 5.32 Å². The van der Waals surface area contributed by atoms with E-state index in [9.17, 15) is 0 Å². The molecule has 0 amide bonds. The maximum absolute atomic E-state index is 3.31. The number of hydrogen-bond acceptors (Lipinski definition) is 2. The van der Waals surface area contributed by atoms with Gasteiger partial charge < -0.3 is 5.32 Å². The molecule has 1 fully saturated rings. The van der Waals surface area contributed by atoms with Crippen LogP contribution in [0.25, 0.3) is 0 Å². The van der Waals surface area contributed by atoms with Gasteiger partial charge in [0.2, 0.25) is 0 Å². The first-order chi connectivity index (χ1) is 5.88. The second-order valence-corrected chi connectivity index (χ2v) is 3.30. The van der Waals surface area contributed by atoms with Crippen LogP contribution in [0, 0.1) is 0 Å². The summed E-state index contributed by atoms with van der Waals surface area (Å²) in [7, 11) is 0. The molecule has 0 atom stereocenters. The van der Waals surface area contributed by atoms with Gasteiger partial charge in [0.1, 0.15) is 0 Å². The molecule has 0 radical (unpaired) electrons. The molecule has 1 aliphatic rings. The number of rotatable bonds is 5. The lowest BCUT2D eigenvalue weighted by molar-refractivity contribution is 0.155. The van der Waals surface area contributed by atoms with Crippen molar-refractivity contribution >= 4 is 0 Å². The lowest BCUT2D eigenvalue weighted by atomic mass is 10.1. The van der Waals surface area contributed by atoms with Gasteiger partial charge in [-0.2, -0.15) is 0 Å². The Morgan fingerprint density at radius 2 is 2.25 bits per heavy atom. The minimum atomic E-state index is 0.806. The van der Waals surface area contributed by atoms with Crippen LogP contribution in [-0.2, 0) is 0 Å². The first-order valence-electron chi connectivity index (χ1n) is 4.94. The van der Waals surface area contributed by atoms with E-state index < -0.39 is 0 Å². The number of nitrogens with zero attached hydrogens (tertiary/aromatic N) is 1. The third-order valence-corrected chi connectivity index (χ3v) is 2.50. The molecule has 0 aromatic rings.